The molecule has 40 heavy (non-hydrogen) atoms. The molecule has 208 valence electrons. The van der Waals surface area contributed by atoms with Crippen molar-refractivity contribution in [2.24, 2.45) is 0 Å². The van der Waals surface area contributed by atoms with Crippen LogP contribution < -0.4 is 15.4 Å². The van der Waals surface area contributed by atoms with Gasteiger partial charge in [-0.3, -0.25) is 5.32 Å². The highest BCUT2D eigenvalue weighted by atomic mass is 16.6. The summed E-state index contributed by atoms with van der Waals surface area (Å²) in [6.07, 6.45) is 4.90. The number of anilines is 1. The molecule has 10 nitrogen and oxygen atoms in total. The van der Waals surface area contributed by atoms with E-state index in [-0.39, 0.29) is 12.1 Å². The van der Waals surface area contributed by atoms with E-state index in [0.717, 1.165) is 59.4 Å². The summed E-state index contributed by atoms with van der Waals surface area (Å²) in [5.41, 5.74) is 4.04. The fraction of sp³-hybridized carbons (Fsp3) is 0.367. The number of rotatable bonds is 13. The molecule has 1 saturated carbocycles. The van der Waals surface area contributed by atoms with E-state index in [1.807, 2.05) is 54.6 Å². The van der Waals surface area contributed by atoms with Crippen LogP contribution in [0.3, 0.4) is 0 Å². The Balaban J connectivity index is 1.09. The number of nitrogens with one attached hydrogen (secondary N) is 2. The number of hydrogen-bond donors (Lipinski definition) is 2. The van der Waals surface area contributed by atoms with Crippen molar-refractivity contribution >= 4 is 28.4 Å². The Morgan fingerprint density at radius 3 is 2.52 bits per heavy atom. The zero-order valence-corrected chi connectivity index (χ0v) is 22.5. The van der Waals surface area contributed by atoms with E-state index in [9.17, 15) is 9.70 Å². The van der Waals surface area contributed by atoms with E-state index in [2.05, 4.69) is 20.9 Å². The van der Waals surface area contributed by atoms with Crippen LogP contribution in [0.25, 0.3) is 11.0 Å². The summed E-state index contributed by atoms with van der Waals surface area (Å²) in [6, 6.07) is 20.5. The van der Waals surface area contributed by atoms with Crippen LogP contribution in [0, 0.1) is 4.91 Å². The Labute approximate surface area is 232 Å². The van der Waals surface area contributed by atoms with E-state index < -0.39 is 6.04 Å². The predicted octanol–water partition coefficient (Wildman–Crippen LogP) is 5.46. The summed E-state index contributed by atoms with van der Waals surface area (Å²) in [5, 5.41) is 14.4. The van der Waals surface area contributed by atoms with Gasteiger partial charge in [0.2, 0.25) is 5.52 Å². The van der Waals surface area contributed by atoms with Crippen molar-refractivity contribution in [1.82, 2.24) is 15.6 Å². The maximum absolute atomic E-state index is 13.0. The molecule has 0 saturated heterocycles. The summed E-state index contributed by atoms with van der Waals surface area (Å²) >= 11 is 0. The van der Waals surface area contributed by atoms with Crippen LogP contribution in [-0.4, -0.2) is 47.3 Å². The summed E-state index contributed by atoms with van der Waals surface area (Å²) in [6.45, 7) is 1.69. The second-order valence-corrected chi connectivity index (χ2v) is 9.93. The van der Waals surface area contributed by atoms with Gasteiger partial charge < -0.3 is 14.8 Å². The molecule has 0 aliphatic heterocycles. The van der Waals surface area contributed by atoms with Crippen molar-refractivity contribution in [2.75, 3.05) is 25.5 Å². The van der Waals surface area contributed by atoms with E-state index in [0.29, 0.717) is 36.4 Å². The van der Waals surface area contributed by atoms with Gasteiger partial charge in [-0.2, -0.15) is 0 Å². The van der Waals surface area contributed by atoms with Gasteiger partial charge in [-0.05, 0) is 71.7 Å². The maximum Gasteiger partial charge on any atom is 0.328 e. The minimum Gasteiger partial charge on any atom is -0.494 e. The summed E-state index contributed by atoms with van der Waals surface area (Å²) < 4.78 is 17.3. The summed E-state index contributed by atoms with van der Waals surface area (Å²) in [5.74, 6) is 0.552. The van der Waals surface area contributed by atoms with Crippen LogP contribution in [0.2, 0.25) is 0 Å². The van der Waals surface area contributed by atoms with Gasteiger partial charge in [0.1, 0.15) is 17.9 Å². The summed E-state index contributed by atoms with van der Waals surface area (Å²) in [4.78, 5) is 24.7. The lowest BCUT2D eigenvalue weighted by molar-refractivity contribution is -0.426. The van der Waals surface area contributed by atoms with Crippen LogP contribution in [0.15, 0.2) is 71.4 Å². The van der Waals surface area contributed by atoms with Crippen molar-refractivity contribution < 1.29 is 23.7 Å². The van der Waals surface area contributed by atoms with Crippen molar-refractivity contribution in [2.45, 2.75) is 50.8 Å². The predicted molar refractivity (Wildman–Crippen MR) is 150 cm³/mol. The van der Waals surface area contributed by atoms with E-state index in [4.69, 9.17) is 14.1 Å². The number of carbonyl (C=O) groups excluding carboxylic acids is 1. The molecule has 1 aliphatic carbocycles. The van der Waals surface area contributed by atoms with Crippen molar-refractivity contribution in [3.63, 3.8) is 0 Å². The molecule has 2 N–H and O–H groups in total. The van der Waals surface area contributed by atoms with Crippen molar-refractivity contribution in [3.05, 3.63) is 82.8 Å². The van der Waals surface area contributed by atoms with Gasteiger partial charge in [0, 0.05) is 28.8 Å². The van der Waals surface area contributed by atoms with Crippen LogP contribution in [0.5, 0.6) is 5.75 Å². The zero-order chi connectivity index (χ0) is 27.7. The number of ether oxygens (including phenoxy) is 2. The fourth-order valence-electron chi connectivity index (χ4n) is 4.88. The molecule has 0 unspecified atom stereocenters. The highest BCUT2D eigenvalue weighted by Crippen LogP contribution is 2.28. The summed E-state index contributed by atoms with van der Waals surface area (Å²) in [7, 11) is 1.41. The topological polar surface area (TPSA) is 119 Å². The number of fused-ring (bicyclic) bond motifs is 1. The van der Waals surface area contributed by atoms with Crippen molar-refractivity contribution in [1.29, 1.82) is 0 Å². The lowest BCUT2D eigenvalue weighted by Crippen LogP contribution is -2.32. The van der Waals surface area contributed by atoms with E-state index in [1.165, 1.54) is 7.05 Å². The van der Waals surface area contributed by atoms with E-state index >= 15 is 0 Å². The van der Waals surface area contributed by atoms with Gasteiger partial charge in [-0.1, -0.05) is 42.5 Å². The second kappa shape index (κ2) is 13.2. The molecule has 1 heterocycles. The number of nitrogens with zero attached hydrogens (tertiary/aromatic N) is 3. The van der Waals surface area contributed by atoms with Gasteiger partial charge in [0.15, 0.2) is 12.6 Å². The number of benzene rings is 3. The largest absolute Gasteiger partial charge is 0.494 e. The molecule has 5 rings (SSSR count). The molecule has 1 atom stereocenters. The van der Waals surface area contributed by atoms with Crippen LogP contribution in [0.4, 0.5) is 11.4 Å². The standard InChI is InChI=1S/C30H34N5O5/c1-35(37)26-17-16-25(28-29(26)34-40-33-28)31-18-7-19-38-23-14-12-21(13-15-23)20-32-27(22-8-3-2-4-9-22)30(36)39-24-10-5-6-11-24/h2-4,8-9,12-17,24,27,31-32H,5-7,10-11,18-20H2,1H3/q+1/t27-/m0/s1. The quantitative estimate of drug-likeness (QED) is 0.128. The third kappa shape index (κ3) is 6.81. The second-order valence-electron chi connectivity index (χ2n) is 9.93. The normalized spacial score (nSPS) is 14.2. The first-order chi connectivity index (χ1) is 19.6. The third-order valence-corrected chi connectivity index (χ3v) is 7.03. The number of esters is 1. The lowest BCUT2D eigenvalue weighted by Gasteiger charge is -2.21. The molecular formula is C30H34N5O5+. The molecule has 1 aliphatic rings. The molecular weight excluding hydrogens is 510 g/mol. The zero-order valence-electron chi connectivity index (χ0n) is 22.5. The number of aromatic nitrogens is 2. The first-order valence-corrected chi connectivity index (χ1v) is 13.7. The Morgan fingerprint density at radius 2 is 1.77 bits per heavy atom. The van der Waals surface area contributed by atoms with Gasteiger partial charge in [-0.25, -0.2) is 9.42 Å². The lowest BCUT2D eigenvalue weighted by atomic mass is 10.1. The minimum absolute atomic E-state index is 0.0267. The average Bonchev–Trinajstić information content (AvgIpc) is 3.67. The third-order valence-electron chi connectivity index (χ3n) is 7.03. The number of hydrogen-bond acceptors (Lipinski definition) is 9. The highest BCUT2D eigenvalue weighted by molar-refractivity contribution is 5.93. The van der Waals surface area contributed by atoms with E-state index in [1.54, 1.807) is 12.1 Å². The Morgan fingerprint density at radius 1 is 1.02 bits per heavy atom. The van der Waals surface area contributed by atoms with Crippen LogP contribution in [0.1, 0.15) is 49.3 Å². The van der Waals surface area contributed by atoms with Crippen molar-refractivity contribution in [3.8, 4) is 5.75 Å². The molecule has 1 aromatic heterocycles. The molecule has 3 aromatic carbocycles. The molecule has 0 spiro atoms. The maximum atomic E-state index is 13.0. The SMILES string of the molecule is C[N+](=O)c1ccc(NCCCOc2ccc(CN[C@H](C(=O)OC3CCCC3)c3ccccc3)cc2)c2nonc12. The molecule has 0 bridgehead atoms. The molecule has 0 radical (unpaired) electrons. The molecule has 1 fully saturated rings. The number of carbonyl (C=O) groups is 1. The minimum atomic E-state index is -0.517. The fourth-order valence-corrected chi connectivity index (χ4v) is 4.88. The molecule has 10 heteroatoms. The molecule has 0 amide bonds. The van der Waals surface area contributed by atoms with Gasteiger partial charge in [0.05, 0.1) is 12.3 Å². The van der Waals surface area contributed by atoms with Gasteiger partial charge in [0.25, 0.3) is 5.69 Å². The first-order valence-electron chi connectivity index (χ1n) is 13.7. The number of nitroso groups, excluding NO2 is 1. The average molecular weight is 545 g/mol. The first kappa shape index (κ1) is 27.3. The van der Waals surface area contributed by atoms with Crippen LogP contribution in [-0.2, 0) is 16.1 Å². The Bertz CT molecular complexity index is 1420. The Kier molecular flexibility index (Phi) is 8.97. The highest BCUT2D eigenvalue weighted by Gasteiger charge is 2.26. The molecule has 4 aromatic rings. The Hall–Kier alpha value is -4.31. The smallest absolute Gasteiger partial charge is 0.328 e. The van der Waals surface area contributed by atoms with Gasteiger partial charge in [-0.15, -0.1) is 0 Å². The van der Waals surface area contributed by atoms with Crippen LogP contribution >= 0.6 is 0 Å². The monoisotopic (exact) mass is 544 g/mol. The van der Waals surface area contributed by atoms with Gasteiger partial charge >= 0.3 is 5.97 Å².